The van der Waals surface area contributed by atoms with Gasteiger partial charge in [0.1, 0.15) is 11.5 Å². The normalized spacial score (nSPS) is 14.0. The van der Waals surface area contributed by atoms with E-state index in [1.807, 2.05) is 0 Å². The van der Waals surface area contributed by atoms with Crippen molar-refractivity contribution in [3.8, 4) is 5.69 Å². The van der Waals surface area contributed by atoms with E-state index in [-0.39, 0.29) is 10.2 Å². The number of nitrogens with zero attached hydrogens (tertiary/aromatic N) is 3. The van der Waals surface area contributed by atoms with E-state index in [1.54, 1.807) is 0 Å². The zero-order valence-corrected chi connectivity index (χ0v) is 13.1. The van der Waals surface area contributed by atoms with Crippen molar-refractivity contribution >= 4 is 17.1 Å². The molecule has 2 rings (SSSR count). The van der Waals surface area contributed by atoms with E-state index in [0.717, 1.165) is 6.07 Å². The molecule has 0 bridgehead atoms. The molecule has 2 N–H and O–H groups in total. The van der Waals surface area contributed by atoms with Crippen LogP contribution in [0.25, 0.3) is 5.69 Å². The first-order valence-corrected chi connectivity index (χ1v) is 7.67. The van der Waals surface area contributed by atoms with Crippen LogP contribution in [-0.4, -0.2) is 31.2 Å². The fraction of sp³-hybridized carbons (Fsp3) is 0.333. The number of hydrogen-bond acceptors (Lipinski definition) is 4. The van der Waals surface area contributed by atoms with Crippen LogP contribution < -0.4 is 5.73 Å². The molecule has 0 aliphatic rings. The van der Waals surface area contributed by atoms with Gasteiger partial charge in [0.05, 0.1) is 0 Å². The lowest BCUT2D eigenvalue weighted by Gasteiger charge is -2.16. The summed E-state index contributed by atoms with van der Waals surface area (Å²) >= 11 is -2.59. The van der Waals surface area contributed by atoms with Gasteiger partial charge in [0.15, 0.2) is 4.90 Å². The number of aromatic nitrogens is 3. The van der Waals surface area contributed by atoms with Crippen molar-refractivity contribution in [2.45, 2.75) is 24.2 Å². The summed E-state index contributed by atoms with van der Waals surface area (Å²) < 4.78 is 101. The van der Waals surface area contributed by atoms with E-state index in [1.165, 1.54) is 6.92 Å². The topological polar surface area (TPSA) is 79.8 Å². The highest BCUT2D eigenvalue weighted by atomic mass is 32.2. The maximum Gasteiger partial charge on any atom is 0.453 e. The Morgan fingerprint density at radius 3 is 2.28 bits per heavy atom. The summed E-state index contributed by atoms with van der Waals surface area (Å²) in [4.78, 5) is 2.53. The molecule has 0 saturated carbocycles. The minimum Gasteiger partial charge on any atom is -0.611 e. The number of anilines is 1. The van der Waals surface area contributed by atoms with Crippen molar-refractivity contribution in [3.05, 3.63) is 29.3 Å². The van der Waals surface area contributed by atoms with Crippen LogP contribution in [0.15, 0.2) is 17.0 Å². The summed E-state index contributed by atoms with van der Waals surface area (Å²) in [5, 5.41) is 3.01. The number of aryl methyl sites for hydroxylation is 1. The summed E-state index contributed by atoms with van der Waals surface area (Å²) in [5.41, 5.74) is 4.50. The first kappa shape index (κ1) is 19.3. The van der Waals surface area contributed by atoms with Crippen molar-refractivity contribution in [1.82, 2.24) is 14.8 Å². The maximum atomic E-state index is 14.1. The van der Waals surface area contributed by atoms with Crippen LogP contribution in [0.3, 0.4) is 0 Å². The Morgan fingerprint density at radius 1 is 1.20 bits per heavy atom. The number of benzene rings is 1. The second-order valence-electron chi connectivity index (χ2n) is 4.88. The summed E-state index contributed by atoms with van der Waals surface area (Å²) in [5.74, 6) is -5.29. The third kappa shape index (κ3) is 4.34. The van der Waals surface area contributed by atoms with Crippen molar-refractivity contribution in [3.63, 3.8) is 0 Å². The van der Waals surface area contributed by atoms with Crippen molar-refractivity contribution in [1.29, 1.82) is 0 Å². The molecule has 1 aromatic heterocycles. The highest BCUT2D eigenvalue weighted by Gasteiger charge is 2.38. The highest BCUT2D eigenvalue weighted by Crippen LogP contribution is 2.31. The van der Waals surface area contributed by atoms with Gasteiger partial charge in [0, 0.05) is 11.6 Å². The Labute approximate surface area is 138 Å². The fourth-order valence-corrected chi connectivity index (χ4v) is 3.01. The van der Waals surface area contributed by atoms with Crippen molar-refractivity contribution < 1.29 is 35.3 Å². The third-order valence-electron chi connectivity index (χ3n) is 2.90. The molecule has 1 heterocycles. The molecule has 25 heavy (non-hydrogen) atoms. The Balaban J connectivity index is 2.53. The van der Waals surface area contributed by atoms with E-state index in [9.17, 15) is 35.3 Å². The summed E-state index contributed by atoms with van der Waals surface area (Å²) in [6.45, 7) is 1.21. The molecule has 0 aliphatic carbocycles. The highest BCUT2D eigenvalue weighted by molar-refractivity contribution is 7.91. The molecule has 2 aromatic rings. The van der Waals surface area contributed by atoms with Gasteiger partial charge in [-0.1, -0.05) is 0 Å². The molecular weight excluding hydrogens is 381 g/mol. The van der Waals surface area contributed by atoms with Crippen LogP contribution in [0, 0.1) is 12.7 Å². The van der Waals surface area contributed by atoms with Crippen LogP contribution >= 0.6 is 0 Å². The standard InChI is InChI=1S/C12H9F7N4OS/c1-5-2-6(13)7(3-8(5)25(24)4-11(14,15)16)23-10(20)21-9(22-23)12(17,18)19/h2-3H,4H2,1H3,(H2,20,21,22)/t25-/m0/s1. The first-order chi connectivity index (χ1) is 11.3. The number of nitrogen functional groups attached to an aromatic ring is 1. The predicted molar refractivity (Wildman–Crippen MR) is 72.8 cm³/mol. The molecule has 0 radical (unpaired) electrons. The lowest BCUT2D eigenvalue weighted by molar-refractivity contribution is -0.144. The van der Waals surface area contributed by atoms with Crippen LogP contribution in [0.4, 0.5) is 36.7 Å². The summed E-state index contributed by atoms with van der Waals surface area (Å²) in [6, 6.07) is 1.44. The maximum absolute atomic E-state index is 14.1. The summed E-state index contributed by atoms with van der Waals surface area (Å²) in [7, 11) is 0. The SMILES string of the molecule is Cc1cc(F)c(-n2nc(C(F)(F)F)nc2N)cc1[S@@+]([O-])CC(F)(F)F. The van der Waals surface area contributed by atoms with Gasteiger partial charge >= 0.3 is 12.4 Å². The molecule has 0 fully saturated rings. The monoisotopic (exact) mass is 390 g/mol. The molecule has 0 unspecified atom stereocenters. The van der Waals surface area contributed by atoms with E-state index in [0.29, 0.717) is 6.07 Å². The number of rotatable bonds is 3. The Bertz CT molecular complexity index is 787. The molecule has 1 aromatic carbocycles. The molecule has 0 saturated heterocycles. The van der Waals surface area contributed by atoms with Gasteiger partial charge in [-0.2, -0.15) is 36.0 Å². The van der Waals surface area contributed by atoms with Crippen LogP contribution in [-0.2, 0) is 17.4 Å². The quantitative estimate of drug-likeness (QED) is 0.646. The fourth-order valence-electron chi connectivity index (χ4n) is 1.90. The van der Waals surface area contributed by atoms with Gasteiger partial charge in [-0.25, -0.2) is 4.39 Å². The van der Waals surface area contributed by atoms with Crippen LogP contribution in [0.5, 0.6) is 0 Å². The average Bonchev–Trinajstić information content (AvgIpc) is 2.78. The lowest BCUT2D eigenvalue weighted by Crippen LogP contribution is -2.24. The van der Waals surface area contributed by atoms with Gasteiger partial charge in [0.2, 0.25) is 11.7 Å². The minimum absolute atomic E-state index is 0.0708. The van der Waals surface area contributed by atoms with Gasteiger partial charge in [-0.15, -0.1) is 5.10 Å². The van der Waals surface area contributed by atoms with Crippen molar-refractivity contribution in [2.75, 3.05) is 11.5 Å². The Hall–Kier alpha value is -2.02. The molecule has 0 spiro atoms. The van der Waals surface area contributed by atoms with Gasteiger partial charge in [-0.3, -0.25) is 0 Å². The smallest absolute Gasteiger partial charge is 0.453 e. The zero-order chi connectivity index (χ0) is 19.2. The van der Waals surface area contributed by atoms with E-state index >= 15 is 0 Å². The van der Waals surface area contributed by atoms with Crippen LogP contribution in [0.1, 0.15) is 11.4 Å². The Morgan fingerprint density at radius 2 is 1.80 bits per heavy atom. The molecule has 5 nitrogen and oxygen atoms in total. The van der Waals surface area contributed by atoms with E-state index < -0.39 is 57.5 Å². The number of halogens is 7. The van der Waals surface area contributed by atoms with Gasteiger partial charge in [0.25, 0.3) is 5.82 Å². The summed E-state index contributed by atoms with van der Waals surface area (Å²) in [6.07, 6.45) is -9.70. The second-order valence-corrected chi connectivity index (χ2v) is 6.30. The largest absolute Gasteiger partial charge is 0.611 e. The zero-order valence-electron chi connectivity index (χ0n) is 12.2. The molecule has 138 valence electrons. The van der Waals surface area contributed by atoms with Gasteiger partial charge < -0.3 is 10.3 Å². The molecule has 1 atom stereocenters. The first-order valence-electron chi connectivity index (χ1n) is 6.35. The average molecular weight is 390 g/mol. The molecule has 0 amide bonds. The number of hydrogen-bond donors (Lipinski definition) is 1. The predicted octanol–water partition coefficient (Wildman–Crippen LogP) is 2.99. The van der Waals surface area contributed by atoms with Crippen LogP contribution in [0.2, 0.25) is 0 Å². The Kier molecular flexibility index (Phi) is 4.92. The molecule has 13 heteroatoms. The van der Waals surface area contributed by atoms with Crippen molar-refractivity contribution in [2.24, 2.45) is 0 Å². The number of nitrogens with two attached hydrogens (primary N) is 1. The second kappa shape index (κ2) is 6.37. The molecular formula is C12H9F7N4OS. The lowest BCUT2D eigenvalue weighted by atomic mass is 10.2. The van der Waals surface area contributed by atoms with Gasteiger partial charge in [-0.05, 0) is 24.2 Å². The van der Waals surface area contributed by atoms with E-state index in [4.69, 9.17) is 5.73 Å². The molecule has 0 aliphatic heterocycles. The number of alkyl halides is 6. The van der Waals surface area contributed by atoms with E-state index in [2.05, 4.69) is 10.1 Å². The third-order valence-corrected chi connectivity index (χ3v) is 4.42. The minimum atomic E-state index is -4.96.